The van der Waals surface area contributed by atoms with Gasteiger partial charge in [-0.15, -0.1) is 0 Å². The van der Waals surface area contributed by atoms with Gasteiger partial charge >= 0.3 is 0 Å². The van der Waals surface area contributed by atoms with Crippen LogP contribution >= 0.6 is 0 Å². The van der Waals surface area contributed by atoms with Crippen LogP contribution in [-0.4, -0.2) is 30.8 Å². The van der Waals surface area contributed by atoms with Crippen LogP contribution in [0.25, 0.3) is 0 Å². The van der Waals surface area contributed by atoms with Gasteiger partial charge in [0.05, 0.1) is 13.0 Å². The second-order valence-electron chi connectivity index (χ2n) is 4.65. The standard InChI is InChI=1S/C15H22FNO3/c1-2-12(6-8-18)11-17-15(19)7-9-20-14-5-3-4-13(16)10-14/h3-5,10,12,18H,2,6-9,11H2,1H3,(H,17,19). The van der Waals surface area contributed by atoms with Gasteiger partial charge in [0.1, 0.15) is 11.6 Å². The minimum absolute atomic E-state index is 0.0993. The van der Waals surface area contributed by atoms with E-state index in [0.717, 1.165) is 6.42 Å². The van der Waals surface area contributed by atoms with E-state index in [9.17, 15) is 9.18 Å². The molecule has 1 unspecified atom stereocenters. The first-order valence-electron chi connectivity index (χ1n) is 6.91. The average molecular weight is 283 g/mol. The Labute approximate surface area is 119 Å². The van der Waals surface area contributed by atoms with Crippen LogP contribution in [0, 0.1) is 11.7 Å². The minimum Gasteiger partial charge on any atom is -0.493 e. The molecule has 0 saturated carbocycles. The van der Waals surface area contributed by atoms with Crippen molar-refractivity contribution in [3.63, 3.8) is 0 Å². The SMILES string of the molecule is CCC(CCO)CNC(=O)CCOc1cccc(F)c1. The lowest BCUT2D eigenvalue weighted by Gasteiger charge is -2.14. The van der Waals surface area contributed by atoms with E-state index in [4.69, 9.17) is 9.84 Å². The zero-order chi connectivity index (χ0) is 14.8. The summed E-state index contributed by atoms with van der Waals surface area (Å²) in [5.74, 6) is 0.261. The first-order chi connectivity index (χ1) is 9.65. The van der Waals surface area contributed by atoms with Crippen molar-refractivity contribution in [1.29, 1.82) is 0 Å². The monoisotopic (exact) mass is 283 g/mol. The number of amides is 1. The maximum atomic E-state index is 12.9. The zero-order valence-electron chi connectivity index (χ0n) is 11.8. The Balaban J connectivity index is 2.20. The highest BCUT2D eigenvalue weighted by Gasteiger charge is 2.08. The molecule has 1 atom stereocenters. The van der Waals surface area contributed by atoms with Gasteiger partial charge in [-0.2, -0.15) is 0 Å². The summed E-state index contributed by atoms with van der Waals surface area (Å²) < 4.78 is 18.2. The van der Waals surface area contributed by atoms with Crippen LogP contribution in [0.4, 0.5) is 4.39 Å². The quantitative estimate of drug-likeness (QED) is 0.730. The van der Waals surface area contributed by atoms with Gasteiger partial charge in [-0.05, 0) is 24.5 Å². The van der Waals surface area contributed by atoms with Crippen molar-refractivity contribution in [1.82, 2.24) is 5.32 Å². The third kappa shape index (κ3) is 6.52. The molecule has 0 radical (unpaired) electrons. The fourth-order valence-corrected chi connectivity index (χ4v) is 1.80. The predicted molar refractivity (Wildman–Crippen MR) is 75.0 cm³/mol. The van der Waals surface area contributed by atoms with Crippen LogP contribution in [0.15, 0.2) is 24.3 Å². The third-order valence-electron chi connectivity index (χ3n) is 3.10. The van der Waals surface area contributed by atoms with Crippen LogP contribution < -0.4 is 10.1 Å². The second-order valence-corrected chi connectivity index (χ2v) is 4.65. The summed E-state index contributed by atoms with van der Waals surface area (Å²) in [6, 6.07) is 5.83. The molecular weight excluding hydrogens is 261 g/mol. The second kappa shape index (κ2) is 9.31. The number of aliphatic hydroxyl groups is 1. The molecule has 2 N–H and O–H groups in total. The molecule has 112 valence electrons. The van der Waals surface area contributed by atoms with Crippen LogP contribution in [0.2, 0.25) is 0 Å². The molecule has 4 nitrogen and oxygen atoms in total. The first-order valence-corrected chi connectivity index (χ1v) is 6.91. The molecule has 0 saturated heterocycles. The van der Waals surface area contributed by atoms with Gasteiger partial charge in [0.2, 0.25) is 5.91 Å². The molecule has 0 spiro atoms. The topological polar surface area (TPSA) is 58.6 Å². The fraction of sp³-hybridized carbons (Fsp3) is 0.533. The molecule has 20 heavy (non-hydrogen) atoms. The Bertz CT molecular complexity index is 412. The summed E-state index contributed by atoms with van der Waals surface area (Å²) in [6.45, 7) is 2.94. The van der Waals surface area contributed by atoms with Gasteiger partial charge in [-0.3, -0.25) is 4.79 Å². The highest BCUT2D eigenvalue weighted by molar-refractivity contribution is 5.75. The fourth-order valence-electron chi connectivity index (χ4n) is 1.80. The number of hydrogen-bond donors (Lipinski definition) is 2. The summed E-state index contributed by atoms with van der Waals surface area (Å²) in [7, 11) is 0. The molecule has 5 heteroatoms. The number of carbonyl (C=O) groups excluding carboxylic acids is 1. The van der Waals surface area contributed by atoms with E-state index in [0.29, 0.717) is 24.6 Å². The first kappa shape index (κ1) is 16.4. The molecule has 1 amide bonds. The number of aliphatic hydroxyl groups excluding tert-OH is 1. The van der Waals surface area contributed by atoms with Gasteiger partial charge in [0.15, 0.2) is 0 Å². The summed E-state index contributed by atoms with van der Waals surface area (Å²) in [4.78, 5) is 11.6. The summed E-state index contributed by atoms with van der Waals surface area (Å²) >= 11 is 0. The van der Waals surface area contributed by atoms with Crippen LogP contribution in [0.5, 0.6) is 5.75 Å². The van der Waals surface area contributed by atoms with E-state index >= 15 is 0 Å². The van der Waals surface area contributed by atoms with Crippen LogP contribution in [0.3, 0.4) is 0 Å². The number of rotatable bonds is 9. The Morgan fingerprint density at radius 1 is 1.50 bits per heavy atom. The number of ether oxygens (including phenoxy) is 1. The summed E-state index contributed by atoms with van der Waals surface area (Å²) in [5, 5.41) is 11.7. The van der Waals surface area contributed by atoms with E-state index in [-0.39, 0.29) is 31.4 Å². The molecule has 0 aliphatic heterocycles. The number of nitrogens with one attached hydrogen (secondary N) is 1. The number of hydrogen-bond acceptors (Lipinski definition) is 3. The Hall–Kier alpha value is -1.62. The lowest BCUT2D eigenvalue weighted by atomic mass is 10.0. The molecular formula is C15H22FNO3. The third-order valence-corrected chi connectivity index (χ3v) is 3.10. The van der Waals surface area contributed by atoms with Crippen molar-refractivity contribution in [2.75, 3.05) is 19.8 Å². The summed E-state index contributed by atoms with van der Waals surface area (Å²) in [5.41, 5.74) is 0. The number of carbonyl (C=O) groups is 1. The Morgan fingerprint density at radius 3 is 2.95 bits per heavy atom. The van der Waals surface area contributed by atoms with E-state index in [1.165, 1.54) is 12.1 Å². The Morgan fingerprint density at radius 2 is 2.30 bits per heavy atom. The van der Waals surface area contributed by atoms with Gasteiger partial charge in [-0.1, -0.05) is 19.4 Å². The maximum Gasteiger partial charge on any atom is 0.223 e. The smallest absolute Gasteiger partial charge is 0.223 e. The average Bonchev–Trinajstić information content (AvgIpc) is 2.43. The molecule has 0 heterocycles. The molecule has 0 aromatic heterocycles. The lowest BCUT2D eigenvalue weighted by molar-refractivity contribution is -0.121. The van der Waals surface area contributed by atoms with E-state index in [2.05, 4.69) is 5.32 Å². The van der Waals surface area contributed by atoms with Crippen molar-refractivity contribution in [2.45, 2.75) is 26.2 Å². The van der Waals surface area contributed by atoms with E-state index < -0.39 is 0 Å². The molecule has 1 rings (SSSR count). The highest BCUT2D eigenvalue weighted by atomic mass is 19.1. The Kier molecular flexibility index (Phi) is 7.65. The van der Waals surface area contributed by atoms with E-state index in [1.807, 2.05) is 6.92 Å². The largest absolute Gasteiger partial charge is 0.493 e. The zero-order valence-corrected chi connectivity index (χ0v) is 11.8. The van der Waals surface area contributed by atoms with Crippen molar-refractivity contribution in [3.05, 3.63) is 30.1 Å². The number of benzene rings is 1. The molecule has 1 aromatic rings. The molecule has 0 aliphatic carbocycles. The minimum atomic E-state index is -0.359. The lowest BCUT2D eigenvalue weighted by Crippen LogP contribution is -2.30. The number of halogens is 1. The van der Waals surface area contributed by atoms with E-state index in [1.54, 1.807) is 12.1 Å². The normalized spacial score (nSPS) is 11.9. The van der Waals surface area contributed by atoms with Crippen molar-refractivity contribution < 1.29 is 19.0 Å². The van der Waals surface area contributed by atoms with Gasteiger partial charge in [0.25, 0.3) is 0 Å². The van der Waals surface area contributed by atoms with Crippen molar-refractivity contribution in [2.24, 2.45) is 5.92 Å². The van der Waals surface area contributed by atoms with Gasteiger partial charge in [-0.25, -0.2) is 4.39 Å². The van der Waals surface area contributed by atoms with Crippen molar-refractivity contribution >= 4 is 5.91 Å². The van der Waals surface area contributed by atoms with Gasteiger partial charge < -0.3 is 15.2 Å². The highest BCUT2D eigenvalue weighted by Crippen LogP contribution is 2.12. The predicted octanol–water partition coefficient (Wildman–Crippen LogP) is 2.12. The molecule has 0 fully saturated rings. The summed E-state index contributed by atoms with van der Waals surface area (Å²) in [6.07, 6.45) is 1.84. The van der Waals surface area contributed by atoms with Crippen LogP contribution in [-0.2, 0) is 4.79 Å². The van der Waals surface area contributed by atoms with Gasteiger partial charge in [0, 0.05) is 19.2 Å². The maximum absolute atomic E-state index is 12.9. The molecule has 0 aliphatic rings. The molecule has 0 bridgehead atoms. The van der Waals surface area contributed by atoms with Crippen molar-refractivity contribution in [3.8, 4) is 5.75 Å². The van der Waals surface area contributed by atoms with Crippen LogP contribution in [0.1, 0.15) is 26.2 Å². The molecule has 1 aromatic carbocycles.